The highest BCUT2D eigenvalue weighted by atomic mass is 16.6. The molecule has 1 fully saturated rings. The number of hydrogen-bond acceptors (Lipinski definition) is 5. The van der Waals surface area contributed by atoms with E-state index in [9.17, 15) is 9.59 Å². The summed E-state index contributed by atoms with van der Waals surface area (Å²) in [5.41, 5.74) is 6.50. The number of likely N-dealkylation sites (tertiary alicyclic amines) is 1. The number of piperidine rings is 1. The summed E-state index contributed by atoms with van der Waals surface area (Å²) in [7, 11) is 0. The Morgan fingerprint density at radius 1 is 1.27 bits per heavy atom. The van der Waals surface area contributed by atoms with Crippen LogP contribution < -0.4 is 5.73 Å². The molecule has 1 aromatic carbocycles. The molecule has 3 unspecified atom stereocenters. The molecule has 1 aliphatic rings. The van der Waals surface area contributed by atoms with Crippen LogP contribution in [0.3, 0.4) is 0 Å². The number of esters is 1. The first-order valence-electron chi connectivity index (χ1n) is 9.13. The molecular weight excluding hydrogens is 332 g/mol. The van der Waals surface area contributed by atoms with Crippen LogP contribution in [0, 0.1) is 5.92 Å². The molecule has 1 aromatic rings. The summed E-state index contributed by atoms with van der Waals surface area (Å²) in [6, 6.07) is 9.03. The fourth-order valence-corrected chi connectivity index (χ4v) is 3.12. The van der Waals surface area contributed by atoms with Crippen LogP contribution in [0.1, 0.15) is 46.1 Å². The Hall–Kier alpha value is -2.08. The van der Waals surface area contributed by atoms with Gasteiger partial charge in [-0.3, -0.25) is 4.79 Å². The Morgan fingerprint density at radius 2 is 1.92 bits per heavy atom. The van der Waals surface area contributed by atoms with Gasteiger partial charge in [-0.15, -0.1) is 0 Å². The first kappa shape index (κ1) is 20.2. The molecule has 144 valence electrons. The number of amides is 1. The van der Waals surface area contributed by atoms with Gasteiger partial charge in [0.05, 0.1) is 12.0 Å². The number of nitrogens with zero attached hydrogens (tertiary/aromatic N) is 1. The van der Waals surface area contributed by atoms with Crippen molar-refractivity contribution in [2.45, 2.75) is 64.8 Å². The van der Waals surface area contributed by atoms with E-state index in [0.717, 1.165) is 5.56 Å². The van der Waals surface area contributed by atoms with E-state index in [1.807, 2.05) is 58.0 Å². The minimum Gasteiger partial charge on any atom is -0.460 e. The Balaban J connectivity index is 1.97. The van der Waals surface area contributed by atoms with Gasteiger partial charge < -0.3 is 20.1 Å². The van der Waals surface area contributed by atoms with Gasteiger partial charge in [0.1, 0.15) is 12.2 Å². The maximum atomic E-state index is 12.5. The second-order valence-electron chi connectivity index (χ2n) is 7.91. The van der Waals surface area contributed by atoms with Crippen molar-refractivity contribution >= 4 is 12.1 Å². The smallest absolute Gasteiger partial charge is 0.410 e. The molecule has 1 aliphatic heterocycles. The van der Waals surface area contributed by atoms with Crippen molar-refractivity contribution in [1.82, 2.24) is 4.90 Å². The Labute approximate surface area is 155 Å². The number of carbonyl (C=O) groups excluding carboxylic acids is 2. The normalized spacial score (nSPS) is 21.8. The molecule has 26 heavy (non-hydrogen) atoms. The Morgan fingerprint density at radius 3 is 2.50 bits per heavy atom. The second kappa shape index (κ2) is 8.54. The molecule has 1 heterocycles. The van der Waals surface area contributed by atoms with E-state index in [0.29, 0.717) is 19.4 Å². The van der Waals surface area contributed by atoms with Crippen molar-refractivity contribution in [3.8, 4) is 0 Å². The third-order valence-electron chi connectivity index (χ3n) is 4.43. The fraction of sp³-hybridized carbons (Fsp3) is 0.600. The molecule has 6 nitrogen and oxygen atoms in total. The maximum absolute atomic E-state index is 12.5. The zero-order valence-corrected chi connectivity index (χ0v) is 16.1. The zero-order valence-electron chi connectivity index (χ0n) is 16.1. The highest BCUT2D eigenvalue weighted by Gasteiger charge is 2.38. The summed E-state index contributed by atoms with van der Waals surface area (Å²) in [5, 5.41) is 0. The van der Waals surface area contributed by atoms with Crippen LogP contribution in [0.5, 0.6) is 0 Å². The van der Waals surface area contributed by atoms with Gasteiger partial charge in [0.15, 0.2) is 0 Å². The van der Waals surface area contributed by atoms with E-state index < -0.39 is 11.7 Å². The predicted molar refractivity (Wildman–Crippen MR) is 99.3 cm³/mol. The summed E-state index contributed by atoms with van der Waals surface area (Å²) in [4.78, 5) is 26.5. The lowest BCUT2D eigenvalue weighted by atomic mass is 9.88. The van der Waals surface area contributed by atoms with Crippen LogP contribution in [-0.2, 0) is 20.9 Å². The topological polar surface area (TPSA) is 81.9 Å². The van der Waals surface area contributed by atoms with Crippen LogP contribution in [0.2, 0.25) is 0 Å². The van der Waals surface area contributed by atoms with Gasteiger partial charge in [-0.25, -0.2) is 4.79 Å². The van der Waals surface area contributed by atoms with E-state index >= 15 is 0 Å². The van der Waals surface area contributed by atoms with Crippen molar-refractivity contribution < 1.29 is 19.1 Å². The lowest BCUT2D eigenvalue weighted by Crippen LogP contribution is -2.54. The molecule has 2 N–H and O–H groups in total. The predicted octanol–water partition coefficient (Wildman–Crippen LogP) is 3.09. The standard InChI is InChI=1S/C20H30N2O4/c1-14(21)17-12-16(18(23)26-20(2,3)4)10-11-22(17)19(24)25-13-15-8-6-5-7-9-15/h5-9,14,16-17H,10-13,21H2,1-4H3. The number of benzene rings is 1. The summed E-state index contributed by atoms with van der Waals surface area (Å²) in [6.45, 7) is 8.05. The third kappa shape index (κ3) is 5.73. The van der Waals surface area contributed by atoms with E-state index in [1.165, 1.54) is 0 Å². The largest absolute Gasteiger partial charge is 0.460 e. The van der Waals surface area contributed by atoms with Crippen LogP contribution in [0.25, 0.3) is 0 Å². The number of carbonyl (C=O) groups is 2. The monoisotopic (exact) mass is 362 g/mol. The van der Waals surface area contributed by atoms with Gasteiger partial charge in [-0.2, -0.15) is 0 Å². The van der Waals surface area contributed by atoms with E-state index in [-0.39, 0.29) is 30.6 Å². The van der Waals surface area contributed by atoms with Crippen molar-refractivity contribution in [3.63, 3.8) is 0 Å². The zero-order chi connectivity index (χ0) is 19.3. The number of rotatable bonds is 4. The minimum absolute atomic E-state index is 0.220. The second-order valence-corrected chi connectivity index (χ2v) is 7.91. The summed E-state index contributed by atoms with van der Waals surface area (Å²) < 4.78 is 10.9. The molecule has 0 spiro atoms. The summed E-state index contributed by atoms with van der Waals surface area (Å²) in [6.07, 6.45) is 0.657. The third-order valence-corrected chi connectivity index (χ3v) is 4.43. The van der Waals surface area contributed by atoms with Crippen molar-refractivity contribution in [2.24, 2.45) is 11.7 Å². The van der Waals surface area contributed by atoms with Crippen LogP contribution >= 0.6 is 0 Å². The molecule has 1 saturated heterocycles. The van der Waals surface area contributed by atoms with Gasteiger partial charge in [0, 0.05) is 12.6 Å². The molecule has 0 bridgehead atoms. The quantitative estimate of drug-likeness (QED) is 0.832. The maximum Gasteiger partial charge on any atom is 0.410 e. The highest BCUT2D eigenvalue weighted by molar-refractivity contribution is 5.74. The number of hydrogen-bond donors (Lipinski definition) is 1. The number of nitrogens with two attached hydrogens (primary N) is 1. The van der Waals surface area contributed by atoms with Gasteiger partial charge in [-0.05, 0) is 46.1 Å². The molecule has 0 saturated carbocycles. The first-order chi connectivity index (χ1) is 12.2. The average Bonchev–Trinajstić information content (AvgIpc) is 2.58. The van der Waals surface area contributed by atoms with Crippen LogP contribution in [0.15, 0.2) is 30.3 Å². The lowest BCUT2D eigenvalue weighted by Gasteiger charge is -2.40. The highest BCUT2D eigenvalue weighted by Crippen LogP contribution is 2.28. The summed E-state index contributed by atoms with van der Waals surface area (Å²) >= 11 is 0. The molecule has 0 radical (unpaired) electrons. The molecule has 3 atom stereocenters. The van der Waals surface area contributed by atoms with Crippen LogP contribution in [0.4, 0.5) is 4.79 Å². The number of ether oxygens (including phenoxy) is 2. The SMILES string of the molecule is CC(N)C1CC(C(=O)OC(C)(C)C)CCN1C(=O)OCc1ccccc1. The van der Waals surface area contributed by atoms with Crippen LogP contribution in [-0.4, -0.2) is 41.2 Å². The van der Waals surface area contributed by atoms with Crippen molar-refractivity contribution in [1.29, 1.82) is 0 Å². The molecule has 2 rings (SSSR count). The van der Waals surface area contributed by atoms with E-state index in [4.69, 9.17) is 15.2 Å². The van der Waals surface area contributed by atoms with Crippen molar-refractivity contribution in [2.75, 3.05) is 6.54 Å². The average molecular weight is 362 g/mol. The minimum atomic E-state index is -0.521. The van der Waals surface area contributed by atoms with E-state index in [2.05, 4.69) is 0 Å². The van der Waals surface area contributed by atoms with Gasteiger partial charge in [-0.1, -0.05) is 30.3 Å². The first-order valence-corrected chi connectivity index (χ1v) is 9.13. The fourth-order valence-electron chi connectivity index (χ4n) is 3.12. The lowest BCUT2D eigenvalue weighted by molar-refractivity contribution is -0.162. The Bertz CT molecular complexity index is 610. The summed E-state index contributed by atoms with van der Waals surface area (Å²) in [5.74, 6) is -0.469. The van der Waals surface area contributed by atoms with Crippen molar-refractivity contribution in [3.05, 3.63) is 35.9 Å². The van der Waals surface area contributed by atoms with Gasteiger partial charge in [0.25, 0.3) is 0 Å². The molecule has 6 heteroatoms. The molecule has 0 aliphatic carbocycles. The molecule has 0 aromatic heterocycles. The Kier molecular flexibility index (Phi) is 6.64. The molecular formula is C20H30N2O4. The van der Waals surface area contributed by atoms with E-state index in [1.54, 1.807) is 4.90 Å². The van der Waals surface area contributed by atoms with Gasteiger partial charge >= 0.3 is 12.1 Å². The van der Waals surface area contributed by atoms with Gasteiger partial charge in [0.2, 0.25) is 0 Å². The molecule has 1 amide bonds.